The Balaban J connectivity index is 1.01. The third-order valence-corrected chi connectivity index (χ3v) is 13.6. The number of benzene rings is 7. The molecule has 5 aliphatic rings. The molecule has 1 heterocycles. The van der Waals surface area contributed by atoms with Gasteiger partial charge in [-0.25, -0.2) is 0 Å². The second-order valence-electron chi connectivity index (χ2n) is 16.2. The maximum Gasteiger partial charge on any atom is 0.136 e. The van der Waals surface area contributed by atoms with E-state index in [0.717, 1.165) is 45.8 Å². The predicted octanol–water partition coefficient (Wildman–Crippen LogP) is 13.6. The summed E-state index contributed by atoms with van der Waals surface area (Å²) in [5.41, 5.74) is 14.1. The summed E-state index contributed by atoms with van der Waals surface area (Å²) in [7, 11) is 0. The van der Waals surface area contributed by atoms with Gasteiger partial charge >= 0.3 is 0 Å². The summed E-state index contributed by atoms with van der Waals surface area (Å²) in [6.45, 7) is 0. The van der Waals surface area contributed by atoms with Gasteiger partial charge in [-0.1, -0.05) is 97.1 Å². The summed E-state index contributed by atoms with van der Waals surface area (Å²) < 4.78 is 6.26. The fraction of sp³-hybridized carbons (Fsp3) is 0.200. The number of furan rings is 1. The lowest BCUT2D eigenvalue weighted by molar-refractivity contribution is -0.0399. The summed E-state index contributed by atoms with van der Waals surface area (Å²) in [6, 6.07) is 56.6. The van der Waals surface area contributed by atoms with Gasteiger partial charge in [0.1, 0.15) is 11.2 Å². The first-order valence-electron chi connectivity index (χ1n) is 19.3. The molecule has 0 N–H and O–H groups in total. The molecule has 5 aliphatic carbocycles. The lowest BCUT2D eigenvalue weighted by Gasteiger charge is -2.61. The smallest absolute Gasteiger partial charge is 0.136 e. The maximum absolute atomic E-state index is 6.26. The van der Waals surface area contributed by atoms with Crippen LogP contribution >= 0.6 is 0 Å². The number of anilines is 3. The molecule has 0 unspecified atom stereocenters. The molecule has 250 valence electrons. The minimum atomic E-state index is 0.129. The highest BCUT2D eigenvalue weighted by atomic mass is 16.3. The van der Waals surface area contributed by atoms with Crippen LogP contribution in [0.1, 0.15) is 43.2 Å². The minimum absolute atomic E-state index is 0.129. The molecule has 52 heavy (non-hydrogen) atoms. The third-order valence-electron chi connectivity index (χ3n) is 13.6. The average molecular weight is 670 g/mol. The lowest BCUT2D eigenvalue weighted by Crippen LogP contribution is -2.55. The molecule has 8 aromatic rings. The van der Waals surface area contributed by atoms with Crippen LogP contribution < -0.4 is 4.90 Å². The van der Waals surface area contributed by atoms with E-state index < -0.39 is 0 Å². The highest BCUT2D eigenvalue weighted by Gasteiger charge is 2.61. The van der Waals surface area contributed by atoms with Gasteiger partial charge in [0.15, 0.2) is 0 Å². The molecule has 13 rings (SSSR count). The first-order valence-corrected chi connectivity index (χ1v) is 19.3. The van der Waals surface area contributed by atoms with Gasteiger partial charge in [0, 0.05) is 33.2 Å². The largest absolute Gasteiger partial charge is 0.456 e. The van der Waals surface area contributed by atoms with Gasteiger partial charge in [-0.05, 0) is 155 Å². The van der Waals surface area contributed by atoms with Gasteiger partial charge in [-0.15, -0.1) is 0 Å². The molecule has 4 bridgehead atoms. The van der Waals surface area contributed by atoms with E-state index in [1.165, 1.54) is 82.0 Å². The number of hydrogen-bond donors (Lipinski definition) is 0. The molecule has 1 aromatic heterocycles. The Morgan fingerprint density at radius 1 is 0.442 bits per heavy atom. The van der Waals surface area contributed by atoms with E-state index in [4.69, 9.17) is 4.42 Å². The van der Waals surface area contributed by atoms with Gasteiger partial charge in [0.05, 0.1) is 0 Å². The van der Waals surface area contributed by atoms with E-state index in [1.807, 2.05) is 12.1 Å². The molecule has 0 radical (unpaired) electrons. The number of hydrogen-bond acceptors (Lipinski definition) is 2. The van der Waals surface area contributed by atoms with Crippen LogP contribution in [0.2, 0.25) is 0 Å². The van der Waals surface area contributed by atoms with Crippen LogP contribution in [-0.2, 0) is 5.41 Å². The average Bonchev–Trinajstić information content (AvgIpc) is 3.70. The molecule has 7 aromatic carbocycles. The SMILES string of the molecule is c1ccc2c(c1)-c1ccc(N(c3ccc(-c4ccc5c(c4)oc4ccccc45)cc3)c3ccc4ccccc4c3)cc1C21C2CC3CC(C2)CC1C3. The second-order valence-corrected chi connectivity index (χ2v) is 16.2. The Kier molecular flexibility index (Phi) is 5.98. The number of nitrogens with zero attached hydrogens (tertiary/aromatic N) is 1. The van der Waals surface area contributed by atoms with Crippen molar-refractivity contribution in [2.24, 2.45) is 23.7 Å². The van der Waals surface area contributed by atoms with E-state index in [-0.39, 0.29) is 5.41 Å². The zero-order valence-corrected chi connectivity index (χ0v) is 29.1. The molecule has 4 fully saturated rings. The highest BCUT2D eigenvalue weighted by Crippen LogP contribution is 2.69. The van der Waals surface area contributed by atoms with Crippen molar-refractivity contribution in [1.29, 1.82) is 0 Å². The van der Waals surface area contributed by atoms with Crippen LogP contribution in [0, 0.1) is 23.7 Å². The standard InChI is InChI=1S/C50H39NO/c1-2-8-35-28-40(19-15-33(35)7-1)51(39-17-13-34(14-18-39)36-16-21-45-44-10-4-6-12-48(44)52-49(45)29-36)41-20-22-43-42-9-3-5-11-46(42)50(47(43)30-41)37-24-31-23-32(26-37)27-38(50)25-31/h1-22,28-32,37-38H,23-27H2. The normalized spacial score (nSPS) is 23.8. The third kappa shape index (κ3) is 4.01. The quantitative estimate of drug-likeness (QED) is 0.185. The van der Waals surface area contributed by atoms with Crippen LogP contribution in [0.4, 0.5) is 17.1 Å². The Morgan fingerprint density at radius 3 is 1.92 bits per heavy atom. The van der Waals surface area contributed by atoms with Crippen molar-refractivity contribution in [2.75, 3.05) is 4.90 Å². The molecule has 0 atom stereocenters. The molecule has 0 saturated heterocycles. The second kappa shape index (κ2) is 10.7. The van der Waals surface area contributed by atoms with Crippen LogP contribution in [0.25, 0.3) is 55.0 Å². The minimum Gasteiger partial charge on any atom is -0.456 e. The first-order chi connectivity index (χ1) is 25.7. The maximum atomic E-state index is 6.26. The topological polar surface area (TPSA) is 16.4 Å². The fourth-order valence-corrected chi connectivity index (χ4v) is 11.8. The molecule has 0 aliphatic heterocycles. The summed E-state index contributed by atoms with van der Waals surface area (Å²) >= 11 is 0. The van der Waals surface area contributed by atoms with E-state index in [2.05, 4.69) is 144 Å². The summed E-state index contributed by atoms with van der Waals surface area (Å²) in [6.07, 6.45) is 7.03. The number of fused-ring (bicyclic) bond motifs is 7. The molecule has 4 saturated carbocycles. The van der Waals surface area contributed by atoms with Gasteiger partial charge in [0.2, 0.25) is 0 Å². The summed E-state index contributed by atoms with van der Waals surface area (Å²) in [5, 5.41) is 4.85. The van der Waals surface area contributed by atoms with Crippen LogP contribution in [0.15, 0.2) is 156 Å². The van der Waals surface area contributed by atoms with Gasteiger partial charge < -0.3 is 9.32 Å². The zero-order valence-electron chi connectivity index (χ0n) is 29.1. The Hall–Kier alpha value is -5.60. The molecule has 0 amide bonds. The molecular weight excluding hydrogens is 631 g/mol. The highest BCUT2D eigenvalue weighted by molar-refractivity contribution is 6.06. The van der Waals surface area contributed by atoms with Crippen LogP contribution in [-0.4, -0.2) is 0 Å². The van der Waals surface area contributed by atoms with Gasteiger partial charge in [-0.3, -0.25) is 0 Å². The fourth-order valence-electron chi connectivity index (χ4n) is 11.8. The van der Waals surface area contributed by atoms with Crippen molar-refractivity contribution in [3.8, 4) is 22.3 Å². The van der Waals surface area contributed by atoms with Crippen molar-refractivity contribution in [3.05, 3.63) is 163 Å². The van der Waals surface area contributed by atoms with Crippen LogP contribution in [0.3, 0.4) is 0 Å². The van der Waals surface area contributed by atoms with E-state index in [1.54, 1.807) is 11.1 Å². The number of para-hydroxylation sites is 1. The van der Waals surface area contributed by atoms with Gasteiger partial charge in [-0.2, -0.15) is 0 Å². The molecule has 2 heteroatoms. The Bertz CT molecular complexity index is 2690. The molecule has 2 nitrogen and oxygen atoms in total. The Labute approximate surface area is 304 Å². The van der Waals surface area contributed by atoms with E-state index >= 15 is 0 Å². The zero-order chi connectivity index (χ0) is 34.0. The van der Waals surface area contributed by atoms with Crippen molar-refractivity contribution in [2.45, 2.75) is 37.5 Å². The lowest BCUT2D eigenvalue weighted by atomic mass is 9.43. The van der Waals surface area contributed by atoms with Gasteiger partial charge in [0.25, 0.3) is 0 Å². The van der Waals surface area contributed by atoms with E-state index in [0.29, 0.717) is 0 Å². The van der Waals surface area contributed by atoms with Crippen molar-refractivity contribution < 1.29 is 4.42 Å². The van der Waals surface area contributed by atoms with Crippen LogP contribution in [0.5, 0.6) is 0 Å². The monoisotopic (exact) mass is 669 g/mol. The number of rotatable bonds is 4. The Morgan fingerprint density at radius 2 is 1.08 bits per heavy atom. The predicted molar refractivity (Wildman–Crippen MR) is 215 cm³/mol. The molecule has 1 spiro atoms. The summed E-state index contributed by atoms with van der Waals surface area (Å²) in [5.74, 6) is 3.32. The van der Waals surface area contributed by atoms with Crippen molar-refractivity contribution >= 4 is 49.8 Å². The summed E-state index contributed by atoms with van der Waals surface area (Å²) in [4.78, 5) is 2.49. The van der Waals surface area contributed by atoms with Crippen molar-refractivity contribution in [1.82, 2.24) is 0 Å². The first kappa shape index (κ1) is 29.0. The van der Waals surface area contributed by atoms with Crippen molar-refractivity contribution in [3.63, 3.8) is 0 Å². The molecular formula is C50H39NO. The van der Waals surface area contributed by atoms with E-state index in [9.17, 15) is 0 Å².